The van der Waals surface area contributed by atoms with Crippen LogP contribution < -0.4 is 4.74 Å². The van der Waals surface area contributed by atoms with Crippen LogP contribution in [-0.2, 0) is 11.3 Å². The number of benzene rings is 2. The van der Waals surface area contributed by atoms with Gasteiger partial charge < -0.3 is 14.2 Å². The summed E-state index contributed by atoms with van der Waals surface area (Å²) in [5.41, 5.74) is 0.856. The third kappa shape index (κ3) is 4.65. The van der Waals surface area contributed by atoms with Gasteiger partial charge in [0.1, 0.15) is 5.75 Å². The van der Waals surface area contributed by atoms with Gasteiger partial charge in [-0.15, -0.1) is 0 Å². The second-order valence-corrected chi connectivity index (χ2v) is 6.42. The average Bonchev–Trinajstić information content (AvgIpc) is 3.16. The average molecular weight is 386 g/mol. The summed E-state index contributed by atoms with van der Waals surface area (Å²) in [5, 5.41) is 4.44. The number of para-hydroxylation sites is 1. The highest BCUT2D eigenvalue weighted by atomic mass is 35.5. The van der Waals surface area contributed by atoms with Crippen molar-refractivity contribution >= 4 is 17.5 Å². The maximum Gasteiger partial charge on any atom is 0.263 e. The van der Waals surface area contributed by atoms with Crippen molar-refractivity contribution in [2.45, 2.75) is 26.0 Å². The van der Waals surface area contributed by atoms with E-state index < -0.39 is 6.10 Å². The minimum Gasteiger partial charge on any atom is -0.479 e. The van der Waals surface area contributed by atoms with E-state index in [9.17, 15) is 4.79 Å². The molecule has 27 heavy (non-hydrogen) atoms. The smallest absolute Gasteiger partial charge is 0.263 e. The molecule has 1 unspecified atom stereocenters. The van der Waals surface area contributed by atoms with Gasteiger partial charge in [-0.3, -0.25) is 4.79 Å². The van der Waals surface area contributed by atoms with Gasteiger partial charge in [-0.1, -0.05) is 66.1 Å². The number of likely N-dealkylation sites (N-methyl/N-ethyl adjacent to an activating group) is 1. The Balaban J connectivity index is 1.66. The van der Waals surface area contributed by atoms with Crippen LogP contribution in [0.25, 0.3) is 11.4 Å². The summed E-state index contributed by atoms with van der Waals surface area (Å²) in [6.07, 6.45) is -0.139. The van der Waals surface area contributed by atoms with Crippen LogP contribution in [0.3, 0.4) is 0 Å². The molecule has 1 atom stereocenters. The summed E-state index contributed by atoms with van der Waals surface area (Å²) in [7, 11) is 1.67. The minimum atomic E-state index is -0.647. The zero-order valence-corrected chi connectivity index (χ0v) is 15.9. The van der Waals surface area contributed by atoms with E-state index in [0.717, 1.165) is 5.56 Å². The summed E-state index contributed by atoms with van der Waals surface area (Å²) < 4.78 is 11.1. The molecule has 7 heteroatoms. The largest absolute Gasteiger partial charge is 0.479 e. The van der Waals surface area contributed by atoms with Crippen molar-refractivity contribution in [3.8, 4) is 17.1 Å². The molecule has 1 heterocycles. The Hall–Kier alpha value is -2.86. The van der Waals surface area contributed by atoms with Gasteiger partial charge in [-0.25, -0.2) is 0 Å². The number of aromatic nitrogens is 2. The van der Waals surface area contributed by atoms with Crippen LogP contribution in [0.15, 0.2) is 59.1 Å². The van der Waals surface area contributed by atoms with E-state index in [4.69, 9.17) is 20.9 Å². The number of nitrogens with zero attached hydrogens (tertiary/aromatic N) is 3. The third-order valence-electron chi connectivity index (χ3n) is 4.00. The van der Waals surface area contributed by atoms with Gasteiger partial charge in [-0.2, -0.15) is 4.98 Å². The molecule has 2 aromatic carbocycles. The first-order chi connectivity index (χ1) is 13.1. The number of hydrogen-bond donors (Lipinski definition) is 0. The SMILES string of the molecule is CCC(Oc1ccccc1Cl)C(=O)N(C)Cc1nc(-c2ccccc2)no1. The number of halogens is 1. The van der Waals surface area contributed by atoms with E-state index in [0.29, 0.717) is 28.9 Å². The molecule has 0 aliphatic carbocycles. The Morgan fingerprint density at radius 1 is 1.19 bits per heavy atom. The van der Waals surface area contributed by atoms with E-state index in [-0.39, 0.29) is 12.5 Å². The molecule has 140 valence electrons. The molecule has 0 fully saturated rings. The van der Waals surface area contributed by atoms with E-state index in [1.165, 1.54) is 4.90 Å². The molecule has 1 aromatic heterocycles. The monoisotopic (exact) mass is 385 g/mol. The molecule has 3 rings (SSSR count). The predicted octanol–water partition coefficient (Wildman–Crippen LogP) is 4.21. The number of hydrogen-bond acceptors (Lipinski definition) is 5. The molecule has 0 aliphatic heterocycles. The molecule has 3 aromatic rings. The molecule has 0 N–H and O–H groups in total. The number of amides is 1. The fraction of sp³-hybridized carbons (Fsp3) is 0.250. The van der Waals surface area contributed by atoms with Crippen molar-refractivity contribution in [1.29, 1.82) is 0 Å². The second-order valence-electron chi connectivity index (χ2n) is 6.02. The summed E-state index contributed by atoms with van der Waals surface area (Å²) in [4.78, 5) is 18.6. The maximum atomic E-state index is 12.7. The van der Waals surface area contributed by atoms with Crippen molar-refractivity contribution in [3.63, 3.8) is 0 Å². The summed E-state index contributed by atoms with van der Waals surface area (Å²) in [6.45, 7) is 2.08. The Morgan fingerprint density at radius 3 is 2.59 bits per heavy atom. The van der Waals surface area contributed by atoms with E-state index in [1.54, 1.807) is 19.2 Å². The molecule has 0 radical (unpaired) electrons. The quantitative estimate of drug-likeness (QED) is 0.609. The Labute approximate surface area is 162 Å². The van der Waals surface area contributed by atoms with Crippen molar-refractivity contribution in [2.24, 2.45) is 0 Å². The van der Waals surface area contributed by atoms with Gasteiger partial charge in [-0.05, 0) is 18.6 Å². The van der Waals surface area contributed by atoms with Crippen LogP contribution in [-0.4, -0.2) is 34.1 Å². The van der Waals surface area contributed by atoms with Crippen LogP contribution in [0.2, 0.25) is 5.02 Å². The van der Waals surface area contributed by atoms with Crippen LogP contribution in [0.4, 0.5) is 0 Å². The Morgan fingerprint density at radius 2 is 1.89 bits per heavy atom. The van der Waals surface area contributed by atoms with Gasteiger partial charge in [0.25, 0.3) is 5.91 Å². The van der Waals surface area contributed by atoms with Crippen molar-refractivity contribution in [1.82, 2.24) is 15.0 Å². The molecule has 6 nitrogen and oxygen atoms in total. The first kappa shape index (κ1) is 18.9. The molecule has 0 spiro atoms. The standard InChI is InChI=1S/C20H20ClN3O3/c1-3-16(26-17-12-8-7-11-15(17)21)20(25)24(2)13-18-22-19(23-27-18)14-9-5-4-6-10-14/h4-12,16H,3,13H2,1-2H3. The van der Waals surface area contributed by atoms with Gasteiger partial charge in [0, 0.05) is 12.6 Å². The van der Waals surface area contributed by atoms with Crippen molar-refractivity contribution < 1.29 is 14.1 Å². The van der Waals surface area contributed by atoms with Crippen molar-refractivity contribution in [2.75, 3.05) is 7.05 Å². The molecule has 0 saturated heterocycles. The van der Waals surface area contributed by atoms with Crippen molar-refractivity contribution in [3.05, 3.63) is 65.5 Å². The lowest BCUT2D eigenvalue weighted by molar-refractivity contribution is -0.138. The molecular weight excluding hydrogens is 366 g/mol. The fourth-order valence-electron chi connectivity index (χ4n) is 2.55. The van der Waals surface area contributed by atoms with Crippen LogP contribution in [0, 0.1) is 0 Å². The lowest BCUT2D eigenvalue weighted by atomic mass is 10.2. The number of ether oxygens (including phenoxy) is 1. The zero-order valence-electron chi connectivity index (χ0n) is 15.1. The number of carbonyl (C=O) groups is 1. The van der Waals surface area contributed by atoms with Gasteiger partial charge in [0.15, 0.2) is 6.10 Å². The van der Waals surface area contributed by atoms with Crippen LogP contribution in [0.1, 0.15) is 19.2 Å². The number of carbonyl (C=O) groups excluding carboxylic acids is 1. The summed E-state index contributed by atoms with van der Waals surface area (Å²) in [5.74, 6) is 1.15. The topological polar surface area (TPSA) is 68.5 Å². The van der Waals surface area contributed by atoms with E-state index in [2.05, 4.69) is 10.1 Å². The zero-order chi connectivity index (χ0) is 19.2. The molecule has 0 saturated carbocycles. The third-order valence-corrected chi connectivity index (χ3v) is 4.31. The summed E-state index contributed by atoms with van der Waals surface area (Å²) >= 11 is 6.12. The molecule has 0 aliphatic rings. The number of rotatable bonds is 7. The highest BCUT2D eigenvalue weighted by Crippen LogP contribution is 2.25. The molecule has 1 amide bonds. The van der Waals surface area contributed by atoms with Gasteiger partial charge in [0.2, 0.25) is 11.7 Å². The van der Waals surface area contributed by atoms with Crippen LogP contribution in [0.5, 0.6) is 5.75 Å². The fourth-order valence-corrected chi connectivity index (χ4v) is 2.73. The predicted molar refractivity (Wildman–Crippen MR) is 102 cm³/mol. The maximum absolute atomic E-state index is 12.7. The molecular formula is C20H20ClN3O3. The van der Waals surface area contributed by atoms with Gasteiger partial charge in [0.05, 0.1) is 11.6 Å². The second kappa shape index (κ2) is 8.68. The normalized spacial score (nSPS) is 11.8. The first-order valence-electron chi connectivity index (χ1n) is 8.62. The highest BCUT2D eigenvalue weighted by molar-refractivity contribution is 6.32. The summed E-state index contributed by atoms with van der Waals surface area (Å²) in [6, 6.07) is 16.6. The Bertz CT molecular complexity index is 898. The Kier molecular flexibility index (Phi) is 6.08. The van der Waals surface area contributed by atoms with Gasteiger partial charge >= 0.3 is 0 Å². The lowest BCUT2D eigenvalue weighted by Crippen LogP contribution is -2.39. The highest BCUT2D eigenvalue weighted by Gasteiger charge is 2.24. The van der Waals surface area contributed by atoms with E-state index >= 15 is 0 Å². The van der Waals surface area contributed by atoms with E-state index in [1.807, 2.05) is 49.4 Å². The first-order valence-corrected chi connectivity index (χ1v) is 9.00. The molecule has 0 bridgehead atoms. The van der Waals surface area contributed by atoms with Crippen LogP contribution >= 0.6 is 11.6 Å². The minimum absolute atomic E-state index is 0.183. The lowest BCUT2D eigenvalue weighted by Gasteiger charge is -2.23.